The van der Waals surface area contributed by atoms with Crippen molar-refractivity contribution in [2.24, 2.45) is 22.7 Å². The van der Waals surface area contributed by atoms with E-state index >= 15 is 4.39 Å². The quantitative estimate of drug-likeness (QED) is 0.411. The molecule has 0 radical (unpaired) electrons. The lowest BCUT2D eigenvalue weighted by molar-refractivity contribution is -0.136. The van der Waals surface area contributed by atoms with Crippen LogP contribution in [0.4, 0.5) is 20.2 Å². The number of nitrogens with two attached hydrogens (primary N) is 1. The number of nitrogens with one attached hydrogen (secondary N) is 2. The third-order valence-electron chi connectivity index (χ3n) is 7.96. The summed E-state index contributed by atoms with van der Waals surface area (Å²) in [6.07, 6.45) is 1.19. The number of anilines is 2. The van der Waals surface area contributed by atoms with Crippen LogP contribution in [0.2, 0.25) is 0 Å². The number of likely N-dealkylation sites (N-methyl/N-ethyl adjacent to an activating group) is 1. The SMILES string of the molecule is CN1CCCN(C(=O)C2CCN(c3c(F)cncc3NC(=O)C(C(N)N=O)C3NCC(F)CN3C)CC2)CC1. The van der Waals surface area contributed by atoms with Crippen LogP contribution in [0.1, 0.15) is 19.3 Å². The maximum Gasteiger partial charge on any atom is 0.234 e. The Hall–Kier alpha value is -2.81. The molecule has 0 aliphatic carbocycles. The molecule has 0 saturated carbocycles. The van der Waals surface area contributed by atoms with Crippen molar-refractivity contribution in [2.75, 3.05) is 76.7 Å². The number of carbonyl (C=O) groups is 2. The number of nitrogens with zero attached hydrogens (tertiary/aromatic N) is 6. The van der Waals surface area contributed by atoms with Gasteiger partial charge in [-0.2, -0.15) is 0 Å². The smallest absolute Gasteiger partial charge is 0.234 e. The highest BCUT2D eigenvalue weighted by atomic mass is 19.1. The van der Waals surface area contributed by atoms with Crippen LogP contribution in [0.15, 0.2) is 17.6 Å². The highest BCUT2D eigenvalue weighted by Gasteiger charge is 2.40. The first-order chi connectivity index (χ1) is 18.7. The summed E-state index contributed by atoms with van der Waals surface area (Å²) in [5.41, 5.74) is 6.19. The lowest BCUT2D eigenvalue weighted by atomic mass is 9.94. The zero-order valence-corrected chi connectivity index (χ0v) is 22.6. The molecule has 216 valence electrons. The summed E-state index contributed by atoms with van der Waals surface area (Å²) >= 11 is 0. The fourth-order valence-electron chi connectivity index (χ4n) is 5.78. The van der Waals surface area contributed by atoms with E-state index in [1.54, 1.807) is 16.8 Å². The van der Waals surface area contributed by atoms with Crippen molar-refractivity contribution in [3.8, 4) is 0 Å². The van der Waals surface area contributed by atoms with Gasteiger partial charge in [0.05, 0.1) is 24.2 Å². The van der Waals surface area contributed by atoms with Gasteiger partial charge < -0.3 is 25.8 Å². The van der Waals surface area contributed by atoms with Gasteiger partial charge >= 0.3 is 0 Å². The first-order valence-electron chi connectivity index (χ1n) is 13.5. The van der Waals surface area contributed by atoms with Crippen molar-refractivity contribution in [1.29, 1.82) is 0 Å². The van der Waals surface area contributed by atoms with E-state index in [4.69, 9.17) is 5.73 Å². The highest BCUT2D eigenvalue weighted by molar-refractivity contribution is 5.96. The average molecular weight is 552 g/mol. The topological polar surface area (TPSA) is 140 Å². The number of carbonyl (C=O) groups excluding carboxylic acids is 2. The largest absolute Gasteiger partial charge is 0.367 e. The second kappa shape index (κ2) is 13.0. The Kier molecular flexibility index (Phi) is 9.75. The number of alkyl halides is 1. The van der Waals surface area contributed by atoms with Crippen LogP contribution < -0.4 is 21.3 Å². The van der Waals surface area contributed by atoms with Crippen LogP contribution in [-0.4, -0.2) is 116 Å². The number of hydrogen-bond donors (Lipinski definition) is 3. The zero-order chi connectivity index (χ0) is 28.1. The summed E-state index contributed by atoms with van der Waals surface area (Å²) < 4.78 is 28.9. The van der Waals surface area contributed by atoms with E-state index in [1.807, 2.05) is 4.90 Å². The van der Waals surface area contributed by atoms with E-state index in [0.717, 1.165) is 32.3 Å². The minimum atomic E-state index is -1.41. The summed E-state index contributed by atoms with van der Waals surface area (Å²) in [6, 6.07) is 0. The van der Waals surface area contributed by atoms with E-state index in [9.17, 15) is 18.9 Å². The maximum atomic E-state index is 15.1. The number of rotatable bonds is 7. The van der Waals surface area contributed by atoms with Crippen LogP contribution in [0.5, 0.6) is 0 Å². The van der Waals surface area contributed by atoms with Crippen molar-refractivity contribution >= 4 is 23.2 Å². The first-order valence-corrected chi connectivity index (χ1v) is 13.5. The van der Waals surface area contributed by atoms with Gasteiger partial charge in [-0.3, -0.25) is 24.8 Å². The molecule has 3 aliphatic rings. The third kappa shape index (κ3) is 6.86. The van der Waals surface area contributed by atoms with Gasteiger partial charge in [-0.1, -0.05) is 5.18 Å². The van der Waals surface area contributed by atoms with Gasteiger partial charge in [-0.05, 0) is 39.9 Å². The Morgan fingerprint density at radius 1 is 1.15 bits per heavy atom. The molecule has 4 heterocycles. The highest BCUT2D eigenvalue weighted by Crippen LogP contribution is 2.33. The fourth-order valence-corrected chi connectivity index (χ4v) is 5.78. The second-order valence-electron chi connectivity index (χ2n) is 10.8. The van der Waals surface area contributed by atoms with Crippen molar-refractivity contribution in [2.45, 2.75) is 37.8 Å². The molecule has 1 aromatic rings. The van der Waals surface area contributed by atoms with Crippen molar-refractivity contribution in [1.82, 2.24) is 25.0 Å². The van der Waals surface area contributed by atoms with Crippen molar-refractivity contribution in [3.63, 3.8) is 0 Å². The molecule has 39 heavy (non-hydrogen) atoms. The molecule has 3 saturated heterocycles. The average Bonchev–Trinajstić information content (AvgIpc) is 3.14. The van der Waals surface area contributed by atoms with Crippen molar-refractivity contribution < 1.29 is 18.4 Å². The molecular weight excluding hydrogens is 512 g/mol. The minimum absolute atomic E-state index is 0.00106. The Morgan fingerprint density at radius 2 is 1.90 bits per heavy atom. The molecule has 0 aromatic carbocycles. The number of halogens is 2. The molecule has 14 heteroatoms. The van der Waals surface area contributed by atoms with Crippen LogP contribution >= 0.6 is 0 Å². The molecule has 0 bridgehead atoms. The van der Waals surface area contributed by atoms with Gasteiger partial charge in [0.1, 0.15) is 17.8 Å². The van der Waals surface area contributed by atoms with Crippen LogP contribution in [0, 0.1) is 22.6 Å². The van der Waals surface area contributed by atoms with Gasteiger partial charge in [-0.15, -0.1) is 4.91 Å². The standard InChI is InChI=1S/C25H39F2N9O3/c1-33-6-3-7-36(11-10-33)25(38)16-4-8-35(9-5-16)21-18(27)13-29-14-19(21)31-24(37)20(22(28)32-39)23-30-12-17(26)15-34(23)2/h13-14,16-17,20,22-23,30H,3-12,15,28H2,1-2H3,(H,31,37). The number of pyridine rings is 1. The van der Waals surface area contributed by atoms with Crippen LogP contribution in [0.25, 0.3) is 0 Å². The van der Waals surface area contributed by atoms with Gasteiger partial charge in [0.25, 0.3) is 0 Å². The Morgan fingerprint density at radius 3 is 2.59 bits per heavy atom. The molecule has 4 atom stereocenters. The van der Waals surface area contributed by atoms with Crippen LogP contribution in [0.3, 0.4) is 0 Å². The predicted molar refractivity (Wildman–Crippen MR) is 143 cm³/mol. The molecule has 2 amide bonds. The molecule has 4 unspecified atom stereocenters. The van der Waals surface area contributed by atoms with Gasteiger partial charge in [0, 0.05) is 51.7 Å². The van der Waals surface area contributed by atoms with E-state index < -0.39 is 36.1 Å². The molecule has 3 aliphatic heterocycles. The van der Waals surface area contributed by atoms with E-state index in [0.29, 0.717) is 32.5 Å². The number of hydrogen-bond acceptors (Lipinski definition) is 10. The number of amides is 2. The molecule has 1 aromatic heterocycles. The minimum Gasteiger partial charge on any atom is -0.367 e. The maximum absolute atomic E-state index is 15.1. The number of nitroso groups, excluding NO2 is 1. The predicted octanol–water partition coefficient (Wildman–Crippen LogP) is 0.406. The molecule has 3 fully saturated rings. The number of aromatic nitrogens is 1. The van der Waals surface area contributed by atoms with E-state index in [-0.39, 0.29) is 36.3 Å². The zero-order valence-electron chi connectivity index (χ0n) is 22.6. The number of piperidine rings is 1. The second-order valence-corrected chi connectivity index (χ2v) is 10.8. The van der Waals surface area contributed by atoms with E-state index in [1.165, 1.54) is 6.20 Å². The summed E-state index contributed by atoms with van der Waals surface area (Å²) in [7, 11) is 3.67. The Bertz CT molecular complexity index is 1030. The summed E-state index contributed by atoms with van der Waals surface area (Å²) in [6.45, 7) is 4.18. The molecule has 12 nitrogen and oxygen atoms in total. The van der Waals surface area contributed by atoms with Gasteiger partial charge in [0.2, 0.25) is 11.8 Å². The lowest BCUT2D eigenvalue weighted by Crippen LogP contribution is -2.62. The molecular formula is C25H39F2N9O3. The normalized spacial score (nSPS) is 25.6. The summed E-state index contributed by atoms with van der Waals surface area (Å²) in [5, 5.41) is 8.45. The lowest BCUT2D eigenvalue weighted by Gasteiger charge is -2.40. The van der Waals surface area contributed by atoms with Gasteiger partial charge in [-0.25, -0.2) is 8.78 Å². The summed E-state index contributed by atoms with van der Waals surface area (Å²) in [4.78, 5) is 49.3. The Labute approximate surface area is 227 Å². The van der Waals surface area contributed by atoms with Crippen molar-refractivity contribution in [3.05, 3.63) is 23.1 Å². The third-order valence-corrected chi connectivity index (χ3v) is 7.96. The van der Waals surface area contributed by atoms with Crippen LogP contribution in [-0.2, 0) is 9.59 Å². The fraction of sp³-hybridized carbons (Fsp3) is 0.720. The van der Waals surface area contributed by atoms with Gasteiger partial charge in [0.15, 0.2) is 12.0 Å². The monoisotopic (exact) mass is 551 g/mol. The van der Waals surface area contributed by atoms with E-state index in [2.05, 4.69) is 32.7 Å². The molecule has 4 rings (SSSR count). The molecule has 0 spiro atoms. The summed E-state index contributed by atoms with van der Waals surface area (Å²) in [5.74, 6) is -2.43. The molecule has 4 N–H and O–H groups in total. The first kappa shape index (κ1) is 29.2. The Balaban J connectivity index is 1.45.